The number of halogens is 6. The molecule has 0 saturated carbocycles. The summed E-state index contributed by atoms with van der Waals surface area (Å²) < 4.78 is 176. The Morgan fingerprint density at radius 2 is 0.788 bits per heavy atom. The van der Waals surface area contributed by atoms with Crippen LogP contribution in [0.25, 0.3) is 49.8 Å². The van der Waals surface area contributed by atoms with Crippen molar-refractivity contribution in [2.45, 2.75) is 115 Å². The van der Waals surface area contributed by atoms with Gasteiger partial charge in [-0.3, -0.25) is 14.4 Å². The minimum Gasteiger partial charge on any atom is -0.435 e. The topological polar surface area (TPSA) is 332 Å². The summed E-state index contributed by atoms with van der Waals surface area (Å²) in [6, 6.07) is 26.0. The van der Waals surface area contributed by atoms with Gasteiger partial charge in [0.15, 0.2) is 29.5 Å². The van der Waals surface area contributed by atoms with Crippen LogP contribution >= 0.6 is 0 Å². The fourth-order valence-corrected chi connectivity index (χ4v) is 19.3. The van der Waals surface area contributed by atoms with E-state index in [4.69, 9.17) is 24.8 Å². The summed E-state index contributed by atoms with van der Waals surface area (Å²) in [5.41, 5.74) is -2.49. The van der Waals surface area contributed by atoms with E-state index >= 15 is 0 Å². The number of nitrogens with one attached hydrogen (secondary N) is 3. The lowest BCUT2D eigenvalue weighted by Crippen LogP contribution is -2.63. The van der Waals surface area contributed by atoms with Gasteiger partial charge in [-0.05, 0) is 129 Å². The average molecular weight is 1430 g/mol. The lowest BCUT2D eigenvalue weighted by atomic mass is 9.91. The van der Waals surface area contributed by atoms with E-state index in [0.29, 0.717) is 0 Å². The maximum atomic E-state index is 14.5. The van der Waals surface area contributed by atoms with Crippen molar-refractivity contribution in [2.24, 2.45) is 0 Å². The molecule has 3 saturated heterocycles. The van der Waals surface area contributed by atoms with Crippen LogP contribution in [-0.2, 0) is 29.5 Å². The molecule has 3 amide bonds. The zero-order valence-electron chi connectivity index (χ0n) is 53.5. The van der Waals surface area contributed by atoms with Crippen molar-refractivity contribution in [1.82, 2.24) is 45.3 Å². The second kappa shape index (κ2) is 25.5. The minimum absolute atomic E-state index is 0.00555. The molecule has 3 fully saturated rings. The third kappa shape index (κ3) is 14.3. The van der Waals surface area contributed by atoms with Gasteiger partial charge in [-0.15, -0.1) is 0 Å². The second-order valence-corrected chi connectivity index (χ2v) is 32.5. The van der Waals surface area contributed by atoms with E-state index in [1.807, 2.05) is 0 Å². The standard InChI is InChI=1S/C66H65F6N9O15S3/c1-7-52(82)53-46-21-35(58(85)73-64(4)27-97(88,89)28-64)11-14-49(46)80(76-53)41-17-38(19-44(25-41)95-62(69)70)34(3)57(84)55-48-23-37(60(87)75-66(6)31-99(92,93)32-66)13-16-51(48)81(78-55)42-18-39(20-45(26-42)96-63(71)72)33(2)56(83)54-47-22-36(59(86)74-65(5)29-98(90,91)30-65)12-15-50(47)79(77-54)40-9-8-10-43(24-40)94-61(67)68/h8-26,33-34,52,56-57,61-63,82-84H,7,27-32H2,1-6H3,(H,73,85)(H,74,86)(H,75,87)/t33?,34?,52-,56?,57+/m1/s1. The van der Waals surface area contributed by atoms with Crippen molar-refractivity contribution >= 4 is 79.9 Å². The predicted octanol–water partition coefficient (Wildman–Crippen LogP) is 8.38. The van der Waals surface area contributed by atoms with Gasteiger partial charge in [-0.1, -0.05) is 26.8 Å². The number of carbonyl (C=O) groups excluding carboxylic acids is 3. The Balaban J connectivity index is 0.953. The molecule has 0 radical (unpaired) electrons. The van der Waals surface area contributed by atoms with Gasteiger partial charge in [0.1, 0.15) is 29.5 Å². The van der Waals surface area contributed by atoms with Gasteiger partial charge in [0.25, 0.3) is 17.7 Å². The van der Waals surface area contributed by atoms with Crippen LogP contribution in [0.4, 0.5) is 26.3 Å². The predicted molar refractivity (Wildman–Crippen MR) is 349 cm³/mol. The zero-order chi connectivity index (χ0) is 71.4. The number of alkyl halides is 6. The molecular weight excluding hydrogens is 1370 g/mol. The highest BCUT2D eigenvalue weighted by atomic mass is 32.2. The monoisotopic (exact) mass is 1430 g/mol. The number of benzene rings is 6. The van der Waals surface area contributed by atoms with Crippen molar-refractivity contribution in [3.63, 3.8) is 0 Å². The molecule has 3 unspecified atom stereocenters. The van der Waals surface area contributed by atoms with Crippen LogP contribution in [0.1, 0.15) is 137 Å². The first kappa shape index (κ1) is 69.7. The van der Waals surface area contributed by atoms with Crippen molar-refractivity contribution in [3.8, 4) is 34.3 Å². The Bertz CT molecular complexity index is 5090. The van der Waals surface area contributed by atoms with Crippen molar-refractivity contribution < 1.29 is 95.5 Å². The Labute approximate surface area is 561 Å². The molecule has 0 aliphatic carbocycles. The summed E-state index contributed by atoms with van der Waals surface area (Å²) in [5, 5.41) is 59.7. The van der Waals surface area contributed by atoms with Crippen molar-refractivity contribution in [2.75, 3.05) is 34.5 Å². The first-order chi connectivity index (χ1) is 46.4. The van der Waals surface area contributed by atoms with E-state index in [-0.39, 0.29) is 141 Å². The van der Waals surface area contributed by atoms with Crippen molar-refractivity contribution in [3.05, 3.63) is 160 Å². The quantitative estimate of drug-likeness (QED) is 0.0327. The lowest BCUT2D eigenvalue weighted by molar-refractivity contribution is -0.0506. The average Bonchev–Trinajstić information content (AvgIpc) is 1.76. The zero-order valence-corrected chi connectivity index (χ0v) is 55.9. The van der Waals surface area contributed by atoms with Gasteiger partial charge < -0.3 is 45.5 Å². The van der Waals surface area contributed by atoms with Crippen LogP contribution in [0.2, 0.25) is 0 Å². The fourth-order valence-electron chi connectivity index (χ4n) is 13.3. The molecule has 3 aliphatic rings. The maximum absolute atomic E-state index is 14.5. The number of aliphatic hydroxyl groups excluding tert-OH is 3. The fraction of sp³-hybridized carbons (Fsp3) is 0.364. The molecule has 99 heavy (non-hydrogen) atoms. The van der Waals surface area contributed by atoms with Gasteiger partial charge >= 0.3 is 19.8 Å². The molecule has 12 rings (SSSR count). The molecule has 3 aromatic heterocycles. The maximum Gasteiger partial charge on any atom is 0.387 e. The summed E-state index contributed by atoms with van der Waals surface area (Å²) >= 11 is 0. The number of carbonyl (C=O) groups is 3. The SMILES string of the molecule is CC[C@@H](O)c1nn(-c2cc(OC(F)F)cc(C(C)[C@H](O)c3nn(-c4cc(OC(F)F)cc(C(C)C(O)c5nn(-c6cccc(OC(F)F)c6)c6ccc(C(=O)NC7(C)CS(=O)(=O)C7)cc56)c4)c4ccc(C(=O)NC5(C)CS(=O)(=O)C5)cc34)c2)c2ccc(C(=O)NC3(C)CS(=O)(=O)C3)cc12. The molecule has 5 atom stereocenters. The van der Waals surface area contributed by atoms with E-state index in [9.17, 15) is 81.3 Å². The number of fused-ring (bicyclic) bond motifs is 3. The Kier molecular flexibility index (Phi) is 18.0. The van der Waals surface area contributed by atoms with Crippen LogP contribution in [-0.4, -0.2) is 159 Å². The normalized spacial score (nSPS) is 18.6. The van der Waals surface area contributed by atoms with Crippen molar-refractivity contribution in [1.29, 1.82) is 0 Å². The summed E-state index contributed by atoms with van der Waals surface area (Å²) in [4.78, 5) is 41.5. The third-order valence-corrected chi connectivity index (χ3v) is 24.2. The Morgan fingerprint density at radius 1 is 0.465 bits per heavy atom. The molecule has 6 aromatic carbocycles. The van der Waals surface area contributed by atoms with Gasteiger partial charge in [0.2, 0.25) is 0 Å². The van der Waals surface area contributed by atoms with Gasteiger partial charge in [0.05, 0.1) is 108 Å². The Hall–Kier alpha value is -9.15. The number of nitrogens with zero attached hydrogens (tertiary/aromatic N) is 6. The Morgan fingerprint density at radius 3 is 1.13 bits per heavy atom. The van der Waals surface area contributed by atoms with E-state index < -0.39 is 125 Å². The number of ether oxygens (including phenoxy) is 3. The number of amides is 3. The number of aromatic nitrogens is 6. The van der Waals surface area contributed by atoms with E-state index in [1.54, 1.807) is 27.7 Å². The van der Waals surface area contributed by atoms with Crippen LogP contribution < -0.4 is 30.2 Å². The number of hydrogen-bond donors (Lipinski definition) is 6. The van der Waals surface area contributed by atoms with E-state index in [2.05, 4.69) is 20.7 Å². The highest BCUT2D eigenvalue weighted by Crippen LogP contribution is 2.43. The highest BCUT2D eigenvalue weighted by molar-refractivity contribution is 7.93. The minimum atomic E-state index is -3.46. The first-order valence-electron chi connectivity index (χ1n) is 30.9. The summed E-state index contributed by atoms with van der Waals surface area (Å²) in [6.07, 6.45) is -4.59. The number of rotatable bonds is 23. The number of sulfone groups is 3. The van der Waals surface area contributed by atoms with E-state index in [1.165, 1.54) is 143 Å². The van der Waals surface area contributed by atoms with Gasteiger partial charge in [0, 0.05) is 62.9 Å². The molecule has 3 aliphatic heterocycles. The molecule has 524 valence electrons. The summed E-state index contributed by atoms with van der Waals surface area (Å²) in [5.74, 6) is -7.46. The van der Waals surface area contributed by atoms with E-state index in [0.717, 1.165) is 0 Å². The first-order valence-corrected chi connectivity index (χ1v) is 36.3. The molecule has 6 N–H and O–H groups in total. The molecule has 33 heteroatoms. The van der Waals surface area contributed by atoms with Crippen LogP contribution in [0.3, 0.4) is 0 Å². The van der Waals surface area contributed by atoms with Gasteiger partial charge in [-0.2, -0.15) is 41.6 Å². The largest absolute Gasteiger partial charge is 0.435 e. The molecule has 0 spiro atoms. The molecule has 0 bridgehead atoms. The number of aliphatic hydroxyl groups is 3. The number of hydrogen-bond acceptors (Lipinski definition) is 18. The summed E-state index contributed by atoms with van der Waals surface area (Å²) in [7, 11) is -10.2. The van der Waals surface area contributed by atoms with Crippen LogP contribution in [0.5, 0.6) is 17.2 Å². The third-order valence-electron chi connectivity index (χ3n) is 17.7. The molecule has 9 aromatic rings. The molecule has 6 heterocycles. The molecule has 24 nitrogen and oxygen atoms in total. The lowest BCUT2D eigenvalue weighted by Gasteiger charge is -2.38. The van der Waals surface area contributed by atoms with Crippen LogP contribution in [0.15, 0.2) is 115 Å². The summed E-state index contributed by atoms with van der Waals surface area (Å²) in [6.45, 7) is -0.648. The molecular formula is C66H65F6N9O15S3. The van der Waals surface area contributed by atoms with Gasteiger partial charge in [-0.25, -0.2) is 39.3 Å². The smallest absolute Gasteiger partial charge is 0.387 e. The highest BCUT2D eigenvalue weighted by Gasteiger charge is 2.48. The second-order valence-electron chi connectivity index (χ2n) is 26.3. The van der Waals surface area contributed by atoms with Crippen LogP contribution in [0, 0.1) is 0 Å².